The van der Waals surface area contributed by atoms with E-state index in [0.29, 0.717) is 55.4 Å². The number of likely N-dealkylation sites (tertiary alicyclic amines) is 1. The van der Waals surface area contributed by atoms with Crippen molar-refractivity contribution in [1.29, 1.82) is 0 Å². The summed E-state index contributed by atoms with van der Waals surface area (Å²) in [5, 5.41) is 0. The Labute approximate surface area is 186 Å². The largest absolute Gasteiger partial charge is 0.454 e. The number of ether oxygens (including phenoxy) is 3. The first kappa shape index (κ1) is 19.3. The topological polar surface area (TPSA) is 73.8 Å². The van der Waals surface area contributed by atoms with Crippen molar-refractivity contribution in [2.24, 2.45) is 0 Å². The van der Waals surface area contributed by atoms with Crippen molar-refractivity contribution >= 4 is 5.91 Å². The van der Waals surface area contributed by atoms with Gasteiger partial charge < -0.3 is 19.1 Å². The van der Waals surface area contributed by atoms with E-state index in [2.05, 4.69) is 4.98 Å². The molecule has 1 aromatic heterocycles. The van der Waals surface area contributed by atoms with E-state index in [1.54, 1.807) is 6.07 Å². The highest BCUT2D eigenvalue weighted by Crippen LogP contribution is 2.42. The van der Waals surface area contributed by atoms with Gasteiger partial charge in [0.1, 0.15) is 5.60 Å². The Bertz CT molecular complexity index is 1170. The number of benzene rings is 2. The van der Waals surface area contributed by atoms with Crippen molar-refractivity contribution in [2.75, 3.05) is 26.5 Å². The van der Waals surface area contributed by atoms with Gasteiger partial charge in [-0.25, -0.2) is 9.97 Å². The number of hydrogen-bond acceptors (Lipinski definition) is 6. The molecule has 1 saturated heterocycles. The van der Waals surface area contributed by atoms with Crippen LogP contribution in [0.25, 0.3) is 11.4 Å². The summed E-state index contributed by atoms with van der Waals surface area (Å²) in [5.41, 5.74) is 3.18. The Hall–Kier alpha value is -3.45. The molecule has 2 aromatic carbocycles. The molecule has 0 radical (unpaired) electrons. The molecule has 32 heavy (non-hydrogen) atoms. The highest BCUT2D eigenvalue weighted by molar-refractivity contribution is 5.98. The molecule has 0 N–H and O–H groups in total. The summed E-state index contributed by atoms with van der Waals surface area (Å²) < 4.78 is 17.3. The van der Waals surface area contributed by atoms with Crippen molar-refractivity contribution in [3.8, 4) is 22.9 Å². The highest BCUT2D eigenvalue weighted by Gasteiger charge is 2.44. The summed E-state index contributed by atoms with van der Waals surface area (Å²) in [6.07, 6.45) is 4.14. The van der Waals surface area contributed by atoms with E-state index < -0.39 is 5.60 Å². The lowest BCUT2D eigenvalue weighted by Crippen LogP contribution is -2.49. The quantitative estimate of drug-likeness (QED) is 0.620. The summed E-state index contributed by atoms with van der Waals surface area (Å²) in [6, 6.07) is 15.4. The fourth-order valence-electron chi connectivity index (χ4n) is 4.86. The number of fused-ring (bicyclic) bond motifs is 3. The first-order valence-corrected chi connectivity index (χ1v) is 11.0. The van der Waals surface area contributed by atoms with Crippen LogP contribution in [0.5, 0.6) is 11.5 Å². The van der Waals surface area contributed by atoms with E-state index in [9.17, 15) is 4.79 Å². The van der Waals surface area contributed by atoms with E-state index in [-0.39, 0.29) is 12.7 Å². The standard InChI is InChI=1S/C25H23N3O4/c29-24(19-7-4-8-20-21(19)31-16-30-20)28-12-10-25(11-13-28)22-18(9-14-32-25)15-26-23(27-22)17-5-2-1-3-6-17/h1-8,15H,9-14,16H2. The van der Waals surface area contributed by atoms with Gasteiger partial charge in [0.15, 0.2) is 17.3 Å². The molecule has 1 fully saturated rings. The third-order valence-corrected chi connectivity index (χ3v) is 6.56. The van der Waals surface area contributed by atoms with Gasteiger partial charge in [-0.05, 0) is 37.0 Å². The Kier molecular flexibility index (Phi) is 4.57. The van der Waals surface area contributed by atoms with Gasteiger partial charge >= 0.3 is 0 Å². The van der Waals surface area contributed by atoms with Gasteiger partial charge in [0.05, 0.1) is 17.9 Å². The fraction of sp³-hybridized carbons (Fsp3) is 0.320. The Morgan fingerprint density at radius 2 is 1.84 bits per heavy atom. The third kappa shape index (κ3) is 3.12. The first-order valence-electron chi connectivity index (χ1n) is 11.0. The molecular formula is C25H23N3O4. The smallest absolute Gasteiger partial charge is 0.257 e. The zero-order valence-corrected chi connectivity index (χ0v) is 17.6. The van der Waals surface area contributed by atoms with Crippen LogP contribution in [0, 0.1) is 0 Å². The van der Waals surface area contributed by atoms with Crippen LogP contribution in [0.2, 0.25) is 0 Å². The molecule has 0 saturated carbocycles. The molecule has 3 aliphatic rings. The van der Waals surface area contributed by atoms with Gasteiger partial charge in [0.25, 0.3) is 5.91 Å². The monoisotopic (exact) mass is 429 g/mol. The van der Waals surface area contributed by atoms with Crippen LogP contribution in [0.15, 0.2) is 54.7 Å². The van der Waals surface area contributed by atoms with Gasteiger partial charge in [-0.1, -0.05) is 36.4 Å². The van der Waals surface area contributed by atoms with Crippen molar-refractivity contribution in [2.45, 2.75) is 24.9 Å². The fourth-order valence-corrected chi connectivity index (χ4v) is 4.86. The summed E-state index contributed by atoms with van der Waals surface area (Å²) in [4.78, 5) is 24.7. The molecule has 1 spiro atoms. The van der Waals surface area contributed by atoms with E-state index in [1.165, 1.54) is 0 Å². The van der Waals surface area contributed by atoms with E-state index in [1.807, 2.05) is 53.6 Å². The van der Waals surface area contributed by atoms with Crippen molar-refractivity contribution < 1.29 is 19.0 Å². The maximum Gasteiger partial charge on any atom is 0.257 e. The highest BCUT2D eigenvalue weighted by atomic mass is 16.7. The predicted octanol–water partition coefficient (Wildman–Crippen LogP) is 3.58. The second kappa shape index (κ2) is 7.60. The number of para-hydroxylation sites is 1. The lowest BCUT2D eigenvalue weighted by Gasteiger charge is -2.44. The van der Waals surface area contributed by atoms with Crippen LogP contribution in [0.1, 0.15) is 34.5 Å². The number of carbonyl (C=O) groups is 1. The molecule has 4 heterocycles. The lowest BCUT2D eigenvalue weighted by molar-refractivity contribution is -0.0967. The number of carbonyl (C=O) groups excluding carboxylic acids is 1. The van der Waals surface area contributed by atoms with Crippen LogP contribution in [0.3, 0.4) is 0 Å². The number of nitrogens with zero attached hydrogens (tertiary/aromatic N) is 3. The van der Waals surface area contributed by atoms with Crippen LogP contribution >= 0.6 is 0 Å². The summed E-state index contributed by atoms with van der Waals surface area (Å²) in [7, 11) is 0. The third-order valence-electron chi connectivity index (χ3n) is 6.56. The number of aromatic nitrogens is 2. The summed E-state index contributed by atoms with van der Waals surface area (Å²) in [6.45, 7) is 1.98. The van der Waals surface area contributed by atoms with Crippen LogP contribution < -0.4 is 9.47 Å². The molecule has 0 bridgehead atoms. The van der Waals surface area contributed by atoms with Crippen LogP contribution in [-0.2, 0) is 16.8 Å². The minimum absolute atomic E-state index is 0.0362. The molecule has 6 rings (SSSR count). The first-order chi connectivity index (χ1) is 15.7. The molecule has 7 heteroatoms. The summed E-state index contributed by atoms with van der Waals surface area (Å²) >= 11 is 0. The molecule has 1 amide bonds. The van der Waals surface area contributed by atoms with Crippen molar-refractivity contribution in [3.05, 3.63) is 71.5 Å². The number of piperidine rings is 1. The van der Waals surface area contributed by atoms with Crippen LogP contribution in [-0.4, -0.2) is 47.3 Å². The molecule has 3 aliphatic heterocycles. The Balaban J connectivity index is 1.26. The van der Waals surface area contributed by atoms with Gasteiger partial charge in [0, 0.05) is 24.8 Å². The zero-order chi connectivity index (χ0) is 21.5. The summed E-state index contributed by atoms with van der Waals surface area (Å²) in [5.74, 6) is 1.84. The van der Waals surface area contributed by atoms with Crippen LogP contribution in [0.4, 0.5) is 0 Å². The van der Waals surface area contributed by atoms with E-state index >= 15 is 0 Å². The molecule has 0 unspecified atom stereocenters. The van der Waals surface area contributed by atoms with E-state index in [4.69, 9.17) is 19.2 Å². The molecule has 3 aromatic rings. The van der Waals surface area contributed by atoms with Gasteiger partial charge in [-0.3, -0.25) is 4.79 Å². The number of rotatable bonds is 2. The predicted molar refractivity (Wildman–Crippen MR) is 117 cm³/mol. The molecule has 162 valence electrons. The average molecular weight is 429 g/mol. The van der Waals surface area contributed by atoms with Gasteiger partial charge in [-0.15, -0.1) is 0 Å². The molecule has 7 nitrogen and oxygen atoms in total. The second-order valence-corrected chi connectivity index (χ2v) is 8.36. The van der Waals surface area contributed by atoms with E-state index in [0.717, 1.165) is 23.2 Å². The van der Waals surface area contributed by atoms with Gasteiger partial charge in [-0.2, -0.15) is 0 Å². The Morgan fingerprint density at radius 3 is 2.69 bits per heavy atom. The lowest BCUT2D eigenvalue weighted by atomic mass is 9.83. The Morgan fingerprint density at radius 1 is 1.00 bits per heavy atom. The van der Waals surface area contributed by atoms with Crippen molar-refractivity contribution in [1.82, 2.24) is 14.9 Å². The normalized spacial score (nSPS) is 18.4. The number of hydrogen-bond donors (Lipinski definition) is 0. The number of amides is 1. The molecule has 0 atom stereocenters. The molecular weight excluding hydrogens is 406 g/mol. The molecule has 0 aliphatic carbocycles. The average Bonchev–Trinajstić information content (AvgIpc) is 3.34. The minimum atomic E-state index is -0.477. The maximum absolute atomic E-state index is 13.2. The second-order valence-electron chi connectivity index (χ2n) is 8.36. The zero-order valence-electron chi connectivity index (χ0n) is 17.6. The maximum atomic E-state index is 13.2. The SMILES string of the molecule is O=C(c1cccc2c1OCO2)N1CCC2(CC1)OCCc1cnc(-c3ccccc3)nc12. The van der Waals surface area contributed by atoms with Crippen molar-refractivity contribution in [3.63, 3.8) is 0 Å². The van der Waals surface area contributed by atoms with Gasteiger partial charge in [0.2, 0.25) is 6.79 Å². The minimum Gasteiger partial charge on any atom is -0.454 e.